The Morgan fingerprint density at radius 3 is 2.48 bits per heavy atom. The number of nitrogens with zero attached hydrogens (tertiary/aromatic N) is 1. The van der Waals surface area contributed by atoms with Crippen LogP contribution in [0, 0.1) is 0 Å². The van der Waals surface area contributed by atoms with Gasteiger partial charge in [-0.3, -0.25) is 0 Å². The standard InChI is InChI=1S/C18H21N3O2.2ClH/c1-23-13-6-7-17-15(12-13)18(20-9-8-19-10-11-22)14-4-2-3-5-16(14)21-17;;/h2-7,12,19,22H,8-11H2,1H3,(H,20,21);2*1H. The third-order valence-electron chi connectivity index (χ3n) is 3.78. The van der Waals surface area contributed by atoms with Gasteiger partial charge in [-0.25, -0.2) is 4.98 Å². The molecule has 0 radical (unpaired) electrons. The largest absolute Gasteiger partial charge is 0.497 e. The zero-order valence-corrected chi connectivity index (χ0v) is 15.6. The van der Waals surface area contributed by atoms with E-state index < -0.39 is 0 Å². The van der Waals surface area contributed by atoms with Crippen LogP contribution in [0.25, 0.3) is 21.8 Å². The third kappa shape index (κ3) is 4.86. The summed E-state index contributed by atoms with van der Waals surface area (Å²) in [7, 11) is 1.67. The smallest absolute Gasteiger partial charge is 0.119 e. The van der Waals surface area contributed by atoms with Crippen LogP contribution in [0.1, 0.15) is 0 Å². The van der Waals surface area contributed by atoms with Crippen LogP contribution < -0.4 is 15.4 Å². The van der Waals surface area contributed by atoms with E-state index >= 15 is 0 Å². The van der Waals surface area contributed by atoms with Crippen LogP contribution in [0.15, 0.2) is 42.5 Å². The van der Waals surface area contributed by atoms with E-state index in [1.54, 1.807) is 7.11 Å². The summed E-state index contributed by atoms with van der Waals surface area (Å²) in [6, 6.07) is 14.0. The number of ether oxygens (including phenoxy) is 1. The maximum Gasteiger partial charge on any atom is 0.119 e. The van der Waals surface area contributed by atoms with Crippen LogP contribution in [0.4, 0.5) is 5.69 Å². The molecule has 0 unspecified atom stereocenters. The van der Waals surface area contributed by atoms with E-state index in [2.05, 4.69) is 16.7 Å². The highest BCUT2D eigenvalue weighted by Gasteiger charge is 2.09. The average Bonchev–Trinajstić information content (AvgIpc) is 2.60. The van der Waals surface area contributed by atoms with Crippen molar-refractivity contribution < 1.29 is 9.84 Å². The minimum absolute atomic E-state index is 0. The van der Waals surface area contributed by atoms with Crippen LogP contribution >= 0.6 is 24.8 Å². The zero-order valence-electron chi connectivity index (χ0n) is 14.0. The number of aromatic nitrogens is 1. The first-order valence-electron chi connectivity index (χ1n) is 7.75. The molecular weight excluding hydrogens is 361 g/mol. The minimum Gasteiger partial charge on any atom is -0.497 e. The molecule has 136 valence electrons. The predicted molar refractivity (Wildman–Crippen MR) is 109 cm³/mol. The van der Waals surface area contributed by atoms with Crippen LogP contribution in [0.3, 0.4) is 0 Å². The number of benzene rings is 2. The first-order valence-corrected chi connectivity index (χ1v) is 7.75. The van der Waals surface area contributed by atoms with Gasteiger partial charge in [0.1, 0.15) is 5.75 Å². The molecule has 0 fully saturated rings. The highest BCUT2D eigenvalue weighted by atomic mass is 35.5. The summed E-state index contributed by atoms with van der Waals surface area (Å²) in [6.45, 7) is 2.30. The fourth-order valence-corrected chi connectivity index (χ4v) is 2.67. The molecular formula is C18H23Cl2N3O2. The van der Waals surface area contributed by atoms with Gasteiger partial charge in [-0.1, -0.05) is 18.2 Å². The molecule has 3 aromatic rings. The second kappa shape index (κ2) is 10.3. The molecule has 0 aliphatic heterocycles. The second-order valence-corrected chi connectivity index (χ2v) is 5.29. The molecule has 3 N–H and O–H groups in total. The SMILES string of the molecule is COc1ccc2nc3ccccc3c(NCCNCCO)c2c1.Cl.Cl. The number of aliphatic hydroxyl groups excluding tert-OH is 1. The molecule has 5 nitrogen and oxygen atoms in total. The minimum atomic E-state index is 0. The van der Waals surface area contributed by atoms with E-state index in [1.165, 1.54) is 0 Å². The summed E-state index contributed by atoms with van der Waals surface area (Å²) in [4.78, 5) is 4.73. The van der Waals surface area contributed by atoms with Crippen molar-refractivity contribution >= 4 is 52.3 Å². The summed E-state index contributed by atoms with van der Waals surface area (Å²) in [5.41, 5.74) is 2.97. The second-order valence-electron chi connectivity index (χ2n) is 5.29. The summed E-state index contributed by atoms with van der Waals surface area (Å²) >= 11 is 0. The fraction of sp³-hybridized carbons (Fsp3) is 0.278. The number of methoxy groups -OCH3 is 1. The maximum absolute atomic E-state index is 8.82. The maximum atomic E-state index is 8.82. The highest BCUT2D eigenvalue weighted by Crippen LogP contribution is 2.32. The van der Waals surface area contributed by atoms with E-state index in [0.29, 0.717) is 6.54 Å². The number of rotatable bonds is 7. The summed E-state index contributed by atoms with van der Waals surface area (Å²) in [5.74, 6) is 0.816. The Morgan fingerprint density at radius 2 is 1.72 bits per heavy atom. The summed E-state index contributed by atoms with van der Waals surface area (Å²) < 4.78 is 5.35. The van der Waals surface area contributed by atoms with Gasteiger partial charge in [0.2, 0.25) is 0 Å². The van der Waals surface area contributed by atoms with Gasteiger partial charge in [0.25, 0.3) is 0 Å². The Hall–Kier alpha value is -1.79. The van der Waals surface area contributed by atoms with Gasteiger partial charge in [-0.15, -0.1) is 24.8 Å². The first kappa shape index (κ1) is 21.3. The van der Waals surface area contributed by atoms with E-state index in [1.807, 2.05) is 36.4 Å². The molecule has 0 aliphatic carbocycles. The van der Waals surface area contributed by atoms with Crippen LogP contribution in [0.2, 0.25) is 0 Å². The fourth-order valence-electron chi connectivity index (χ4n) is 2.67. The van der Waals surface area contributed by atoms with Crippen molar-refractivity contribution in [2.45, 2.75) is 0 Å². The Morgan fingerprint density at radius 1 is 0.960 bits per heavy atom. The molecule has 3 rings (SSSR count). The van der Waals surface area contributed by atoms with E-state index in [9.17, 15) is 0 Å². The van der Waals surface area contributed by atoms with Crippen molar-refractivity contribution in [3.8, 4) is 5.75 Å². The quantitative estimate of drug-likeness (QED) is 0.431. The number of hydrogen-bond acceptors (Lipinski definition) is 5. The molecule has 0 amide bonds. The number of pyridine rings is 1. The number of anilines is 1. The summed E-state index contributed by atoms with van der Waals surface area (Å²) in [6.07, 6.45) is 0. The van der Waals surface area contributed by atoms with Crippen molar-refractivity contribution in [1.82, 2.24) is 10.3 Å². The van der Waals surface area contributed by atoms with Crippen molar-refractivity contribution in [3.63, 3.8) is 0 Å². The number of para-hydroxylation sites is 1. The predicted octanol–water partition coefficient (Wildman–Crippen LogP) is 3.23. The molecule has 0 aliphatic rings. The number of fused-ring (bicyclic) bond motifs is 2. The molecule has 0 bridgehead atoms. The molecule has 7 heteroatoms. The van der Waals surface area contributed by atoms with Gasteiger partial charge in [0, 0.05) is 30.4 Å². The zero-order chi connectivity index (χ0) is 16.1. The van der Waals surface area contributed by atoms with Crippen LogP contribution in [-0.4, -0.2) is 43.4 Å². The molecule has 0 spiro atoms. The van der Waals surface area contributed by atoms with E-state index in [4.69, 9.17) is 14.8 Å². The van der Waals surface area contributed by atoms with Crippen molar-refractivity contribution in [2.24, 2.45) is 0 Å². The number of halogens is 2. The topological polar surface area (TPSA) is 66.4 Å². The average molecular weight is 384 g/mol. The van der Waals surface area contributed by atoms with Gasteiger partial charge in [0.15, 0.2) is 0 Å². The monoisotopic (exact) mass is 383 g/mol. The Balaban J connectivity index is 0.00000156. The lowest BCUT2D eigenvalue weighted by atomic mass is 10.1. The lowest BCUT2D eigenvalue weighted by Gasteiger charge is -2.14. The molecule has 0 saturated carbocycles. The molecule has 2 aromatic carbocycles. The number of aliphatic hydroxyl groups is 1. The van der Waals surface area contributed by atoms with E-state index in [0.717, 1.165) is 46.3 Å². The van der Waals surface area contributed by atoms with Crippen LogP contribution in [-0.2, 0) is 0 Å². The van der Waals surface area contributed by atoms with Gasteiger partial charge >= 0.3 is 0 Å². The lowest BCUT2D eigenvalue weighted by molar-refractivity contribution is 0.293. The number of nitrogens with one attached hydrogen (secondary N) is 2. The Bertz CT molecular complexity index is 815. The highest BCUT2D eigenvalue weighted by molar-refractivity contribution is 6.07. The lowest BCUT2D eigenvalue weighted by Crippen LogP contribution is -2.25. The van der Waals surface area contributed by atoms with Gasteiger partial charge in [-0.2, -0.15) is 0 Å². The number of hydrogen-bond donors (Lipinski definition) is 3. The van der Waals surface area contributed by atoms with Crippen molar-refractivity contribution in [3.05, 3.63) is 42.5 Å². The third-order valence-corrected chi connectivity index (χ3v) is 3.78. The molecule has 1 heterocycles. The molecule has 0 atom stereocenters. The van der Waals surface area contributed by atoms with Gasteiger partial charge in [0.05, 0.1) is 30.4 Å². The van der Waals surface area contributed by atoms with Gasteiger partial charge in [-0.05, 0) is 24.3 Å². The molecule has 0 saturated heterocycles. The van der Waals surface area contributed by atoms with Gasteiger partial charge < -0.3 is 20.5 Å². The Labute approximate surface area is 159 Å². The molecule has 25 heavy (non-hydrogen) atoms. The van der Waals surface area contributed by atoms with Crippen LogP contribution in [0.5, 0.6) is 5.75 Å². The normalized spacial score (nSPS) is 10.2. The van der Waals surface area contributed by atoms with E-state index in [-0.39, 0.29) is 31.4 Å². The van der Waals surface area contributed by atoms with Crippen molar-refractivity contribution in [2.75, 3.05) is 38.7 Å². The summed E-state index contributed by atoms with van der Waals surface area (Å²) in [5, 5.41) is 17.6. The first-order chi connectivity index (χ1) is 11.3. The molecule has 1 aromatic heterocycles. The Kier molecular flexibility index (Phi) is 8.72. The van der Waals surface area contributed by atoms with Crippen molar-refractivity contribution in [1.29, 1.82) is 0 Å².